The van der Waals surface area contributed by atoms with Gasteiger partial charge in [-0.05, 0) is 25.8 Å². The highest BCUT2D eigenvalue weighted by molar-refractivity contribution is 7.99. The SMILES string of the molecule is Cc1nn(C)c(C)c1CCC(=O)NCCSCC(=O)O. The number of amides is 1. The summed E-state index contributed by atoms with van der Waals surface area (Å²) in [7, 11) is 1.89. The molecule has 20 heavy (non-hydrogen) atoms. The van der Waals surface area contributed by atoms with Gasteiger partial charge in [0.1, 0.15) is 0 Å². The van der Waals surface area contributed by atoms with Gasteiger partial charge in [0.05, 0.1) is 11.4 Å². The van der Waals surface area contributed by atoms with E-state index in [9.17, 15) is 9.59 Å². The molecule has 0 aliphatic rings. The smallest absolute Gasteiger partial charge is 0.313 e. The van der Waals surface area contributed by atoms with Gasteiger partial charge in [-0.2, -0.15) is 5.10 Å². The molecule has 0 atom stereocenters. The molecule has 1 rings (SSSR count). The summed E-state index contributed by atoms with van der Waals surface area (Å²) in [5, 5.41) is 15.6. The molecule has 0 saturated heterocycles. The van der Waals surface area contributed by atoms with Gasteiger partial charge in [0.2, 0.25) is 5.91 Å². The summed E-state index contributed by atoms with van der Waals surface area (Å²) in [5.41, 5.74) is 3.19. The third-order valence-electron chi connectivity index (χ3n) is 3.06. The average molecular weight is 299 g/mol. The first-order chi connectivity index (χ1) is 9.41. The van der Waals surface area contributed by atoms with Crippen molar-refractivity contribution in [1.82, 2.24) is 15.1 Å². The zero-order valence-electron chi connectivity index (χ0n) is 12.1. The molecule has 0 saturated carbocycles. The molecule has 0 radical (unpaired) electrons. The van der Waals surface area contributed by atoms with Crippen molar-refractivity contribution in [2.45, 2.75) is 26.7 Å². The molecule has 0 spiro atoms. The van der Waals surface area contributed by atoms with Gasteiger partial charge in [0, 0.05) is 31.5 Å². The van der Waals surface area contributed by atoms with E-state index in [1.807, 2.05) is 25.6 Å². The van der Waals surface area contributed by atoms with Gasteiger partial charge in [-0.15, -0.1) is 11.8 Å². The second kappa shape index (κ2) is 7.94. The Balaban J connectivity index is 2.25. The number of carbonyl (C=O) groups is 2. The third kappa shape index (κ3) is 5.24. The fraction of sp³-hybridized carbons (Fsp3) is 0.615. The second-order valence-electron chi connectivity index (χ2n) is 4.57. The van der Waals surface area contributed by atoms with Crippen molar-refractivity contribution >= 4 is 23.6 Å². The Morgan fingerprint density at radius 3 is 2.65 bits per heavy atom. The number of nitrogens with zero attached hydrogens (tertiary/aromatic N) is 2. The summed E-state index contributed by atoms with van der Waals surface area (Å²) in [6.45, 7) is 4.44. The molecule has 0 unspecified atom stereocenters. The maximum absolute atomic E-state index is 11.7. The van der Waals surface area contributed by atoms with Gasteiger partial charge in [0.15, 0.2) is 0 Å². The Morgan fingerprint density at radius 1 is 1.40 bits per heavy atom. The molecule has 1 amide bonds. The number of aliphatic carboxylic acids is 1. The fourth-order valence-corrected chi connectivity index (χ4v) is 2.49. The number of carboxylic acid groups (broad SMARTS) is 1. The summed E-state index contributed by atoms with van der Waals surface area (Å²) in [5.74, 6) is -0.153. The van der Waals surface area contributed by atoms with Gasteiger partial charge in [-0.3, -0.25) is 14.3 Å². The van der Waals surface area contributed by atoms with Crippen molar-refractivity contribution < 1.29 is 14.7 Å². The first kappa shape index (κ1) is 16.6. The van der Waals surface area contributed by atoms with Crippen molar-refractivity contribution in [2.24, 2.45) is 7.05 Å². The van der Waals surface area contributed by atoms with E-state index in [2.05, 4.69) is 10.4 Å². The third-order valence-corrected chi connectivity index (χ3v) is 4.00. The largest absolute Gasteiger partial charge is 0.481 e. The Labute approximate surface area is 122 Å². The lowest BCUT2D eigenvalue weighted by Gasteiger charge is -2.05. The molecule has 1 aromatic rings. The number of nitrogens with one attached hydrogen (secondary N) is 1. The Morgan fingerprint density at radius 2 is 2.10 bits per heavy atom. The van der Waals surface area contributed by atoms with Crippen LogP contribution in [0.5, 0.6) is 0 Å². The predicted octanol–water partition coefficient (Wildman–Crippen LogP) is 0.904. The van der Waals surface area contributed by atoms with E-state index in [4.69, 9.17) is 5.11 Å². The zero-order chi connectivity index (χ0) is 15.1. The molecule has 1 aromatic heterocycles. The lowest BCUT2D eigenvalue weighted by atomic mass is 10.1. The van der Waals surface area contributed by atoms with E-state index in [0.717, 1.165) is 17.0 Å². The van der Waals surface area contributed by atoms with Gasteiger partial charge < -0.3 is 10.4 Å². The van der Waals surface area contributed by atoms with Crippen LogP contribution in [0.15, 0.2) is 0 Å². The minimum absolute atomic E-state index is 0.0106. The van der Waals surface area contributed by atoms with Crippen LogP contribution in [0.4, 0.5) is 0 Å². The van der Waals surface area contributed by atoms with Gasteiger partial charge in [0.25, 0.3) is 0 Å². The van der Waals surface area contributed by atoms with E-state index >= 15 is 0 Å². The van der Waals surface area contributed by atoms with E-state index in [1.54, 1.807) is 0 Å². The van der Waals surface area contributed by atoms with Crippen LogP contribution >= 0.6 is 11.8 Å². The quantitative estimate of drug-likeness (QED) is 0.697. The van der Waals surface area contributed by atoms with Gasteiger partial charge in [-0.25, -0.2) is 0 Å². The molecule has 2 N–H and O–H groups in total. The highest BCUT2D eigenvalue weighted by atomic mass is 32.2. The number of rotatable bonds is 8. The molecule has 1 heterocycles. The minimum atomic E-state index is -0.830. The van der Waals surface area contributed by atoms with Gasteiger partial charge >= 0.3 is 5.97 Å². The minimum Gasteiger partial charge on any atom is -0.481 e. The van der Waals surface area contributed by atoms with Crippen molar-refractivity contribution in [3.8, 4) is 0 Å². The number of hydrogen-bond donors (Lipinski definition) is 2. The van der Waals surface area contributed by atoms with Crippen LogP contribution in [0, 0.1) is 13.8 Å². The second-order valence-corrected chi connectivity index (χ2v) is 5.67. The van der Waals surface area contributed by atoms with Crippen LogP contribution in [0.25, 0.3) is 0 Å². The summed E-state index contributed by atoms with van der Waals surface area (Å²) in [6.07, 6.45) is 1.11. The number of aromatic nitrogens is 2. The van der Waals surface area contributed by atoms with Crippen molar-refractivity contribution in [3.63, 3.8) is 0 Å². The van der Waals surface area contributed by atoms with Gasteiger partial charge in [-0.1, -0.05) is 0 Å². The molecular weight excluding hydrogens is 278 g/mol. The zero-order valence-corrected chi connectivity index (χ0v) is 12.9. The molecule has 0 aliphatic carbocycles. The van der Waals surface area contributed by atoms with Crippen molar-refractivity contribution in [3.05, 3.63) is 17.0 Å². The lowest BCUT2D eigenvalue weighted by Crippen LogP contribution is -2.26. The number of aryl methyl sites for hydroxylation is 2. The van der Waals surface area contributed by atoms with Crippen LogP contribution in [-0.2, 0) is 23.1 Å². The highest BCUT2D eigenvalue weighted by Gasteiger charge is 2.11. The molecule has 112 valence electrons. The molecule has 7 heteroatoms. The molecule has 0 bridgehead atoms. The standard InChI is InChI=1S/C13H21N3O3S/c1-9-11(10(2)16(3)15-9)4-5-12(17)14-6-7-20-8-13(18)19/h4-8H2,1-3H3,(H,14,17)(H,18,19). The highest BCUT2D eigenvalue weighted by Crippen LogP contribution is 2.13. The number of thioether (sulfide) groups is 1. The maximum atomic E-state index is 11.7. The number of carbonyl (C=O) groups excluding carboxylic acids is 1. The van der Waals surface area contributed by atoms with E-state index < -0.39 is 5.97 Å². The molecule has 0 fully saturated rings. The van der Waals surface area contributed by atoms with Crippen LogP contribution in [0.2, 0.25) is 0 Å². The summed E-state index contributed by atoms with van der Waals surface area (Å²) < 4.78 is 1.82. The summed E-state index contributed by atoms with van der Waals surface area (Å²) in [4.78, 5) is 22.0. The Kier molecular flexibility index (Phi) is 6.57. The van der Waals surface area contributed by atoms with E-state index in [0.29, 0.717) is 25.1 Å². The number of hydrogen-bond acceptors (Lipinski definition) is 4. The van der Waals surface area contributed by atoms with E-state index in [1.165, 1.54) is 11.8 Å². The van der Waals surface area contributed by atoms with E-state index in [-0.39, 0.29) is 11.7 Å². The van der Waals surface area contributed by atoms with Crippen LogP contribution in [0.1, 0.15) is 23.4 Å². The molecular formula is C13H21N3O3S. The Bertz CT molecular complexity index is 485. The van der Waals surface area contributed by atoms with Crippen molar-refractivity contribution in [2.75, 3.05) is 18.1 Å². The number of carboxylic acids is 1. The van der Waals surface area contributed by atoms with Crippen LogP contribution in [-0.4, -0.2) is 44.8 Å². The molecule has 0 aliphatic heterocycles. The van der Waals surface area contributed by atoms with Crippen LogP contribution in [0.3, 0.4) is 0 Å². The first-order valence-electron chi connectivity index (χ1n) is 6.47. The maximum Gasteiger partial charge on any atom is 0.313 e. The predicted molar refractivity (Wildman–Crippen MR) is 79.0 cm³/mol. The van der Waals surface area contributed by atoms with Crippen molar-refractivity contribution in [1.29, 1.82) is 0 Å². The normalized spacial score (nSPS) is 10.6. The lowest BCUT2D eigenvalue weighted by molar-refractivity contribution is -0.133. The monoisotopic (exact) mass is 299 g/mol. The first-order valence-corrected chi connectivity index (χ1v) is 7.62. The molecule has 6 nitrogen and oxygen atoms in total. The summed E-state index contributed by atoms with van der Waals surface area (Å²) >= 11 is 1.30. The topological polar surface area (TPSA) is 84.2 Å². The molecule has 0 aromatic carbocycles. The Hall–Kier alpha value is -1.50. The summed E-state index contributed by atoms with van der Waals surface area (Å²) in [6, 6.07) is 0. The fourth-order valence-electron chi connectivity index (χ4n) is 1.93. The average Bonchev–Trinajstić information content (AvgIpc) is 2.60. The van der Waals surface area contributed by atoms with Crippen LogP contribution < -0.4 is 5.32 Å².